The number of carbonyl (C=O) groups excluding carboxylic acids is 1. The van der Waals surface area contributed by atoms with Crippen LogP contribution in [0.15, 0.2) is 73.2 Å². The highest BCUT2D eigenvalue weighted by atomic mass is 16.2. The Morgan fingerprint density at radius 2 is 2.06 bits per heavy atom. The van der Waals surface area contributed by atoms with E-state index in [1.165, 1.54) is 0 Å². The minimum absolute atomic E-state index is 0.145. The molecule has 1 saturated heterocycles. The molecule has 2 aromatic heterocycles. The van der Waals surface area contributed by atoms with Crippen molar-refractivity contribution >= 4 is 16.7 Å². The van der Waals surface area contributed by atoms with Gasteiger partial charge in [-0.05, 0) is 55.0 Å². The van der Waals surface area contributed by atoms with Crippen LogP contribution in [-0.4, -0.2) is 33.3 Å². The van der Waals surface area contributed by atoms with Crippen LogP contribution >= 0.6 is 0 Å². The van der Waals surface area contributed by atoms with Gasteiger partial charge < -0.3 is 10.6 Å². The number of nitrogens with one attached hydrogen (secondary N) is 2. The number of fused-ring (bicyclic) bond motifs is 1. The summed E-state index contributed by atoms with van der Waals surface area (Å²) in [5.41, 5.74) is 3.74. The number of piperidine rings is 1. The van der Waals surface area contributed by atoms with Crippen LogP contribution in [0, 0.1) is 0 Å². The molecule has 1 aliphatic heterocycles. The molecule has 33 heavy (non-hydrogen) atoms. The molecule has 0 aliphatic carbocycles. The summed E-state index contributed by atoms with van der Waals surface area (Å²) < 4.78 is 1.93. The highest BCUT2D eigenvalue weighted by Gasteiger charge is 2.28. The molecule has 1 aliphatic rings. The van der Waals surface area contributed by atoms with Gasteiger partial charge in [0.2, 0.25) is 0 Å². The highest BCUT2D eigenvalue weighted by molar-refractivity contribution is 6.05. The van der Waals surface area contributed by atoms with Crippen molar-refractivity contribution in [3.63, 3.8) is 0 Å². The molecule has 4 aromatic rings. The maximum absolute atomic E-state index is 13.5. The number of carbonyl (C=O) groups is 1. The summed E-state index contributed by atoms with van der Waals surface area (Å²) in [6.45, 7) is 3.88. The van der Waals surface area contributed by atoms with Gasteiger partial charge in [0, 0.05) is 35.9 Å². The molecular formula is C27H29N5O. The number of hydrogen-bond acceptors (Lipinski definition) is 4. The molecule has 168 valence electrons. The quantitative estimate of drug-likeness (QED) is 0.456. The zero-order chi connectivity index (χ0) is 22.6. The molecule has 2 atom stereocenters. The fourth-order valence-corrected chi connectivity index (χ4v) is 4.69. The summed E-state index contributed by atoms with van der Waals surface area (Å²) in [6.07, 6.45) is 9.00. The van der Waals surface area contributed by atoms with Crippen molar-refractivity contribution in [3.05, 3.63) is 84.4 Å². The summed E-state index contributed by atoms with van der Waals surface area (Å²) in [5, 5.41) is 13.3. The van der Waals surface area contributed by atoms with E-state index in [0.29, 0.717) is 5.69 Å². The minimum Gasteiger partial charge on any atom is -0.342 e. The lowest BCUT2D eigenvalue weighted by Crippen LogP contribution is -2.46. The van der Waals surface area contributed by atoms with Gasteiger partial charge in [0.15, 0.2) is 0 Å². The maximum atomic E-state index is 13.5. The van der Waals surface area contributed by atoms with Gasteiger partial charge in [-0.1, -0.05) is 48.9 Å². The van der Waals surface area contributed by atoms with Gasteiger partial charge in [-0.2, -0.15) is 5.10 Å². The average molecular weight is 440 g/mol. The van der Waals surface area contributed by atoms with Crippen LogP contribution in [-0.2, 0) is 6.54 Å². The summed E-state index contributed by atoms with van der Waals surface area (Å²) in [7, 11) is 0. The zero-order valence-corrected chi connectivity index (χ0v) is 18.9. The van der Waals surface area contributed by atoms with Gasteiger partial charge in [-0.25, -0.2) is 0 Å². The fraction of sp³-hybridized carbons (Fsp3) is 0.296. The monoisotopic (exact) mass is 439 g/mol. The lowest BCUT2D eigenvalue weighted by Gasteiger charge is -2.32. The first-order valence-corrected chi connectivity index (χ1v) is 11.7. The van der Waals surface area contributed by atoms with Crippen molar-refractivity contribution in [1.82, 2.24) is 25.4 Å². The van der Waals surface area contributed by atoms with Gasteiger partial charge in [0.25, 0.3) is 5.91 Å². The Morgan fingerprint density at radius 3 is 2.88 bits per heavy atom. The Kier molecular flexibility index (Phi) is 6.17. The van der Waals surface area contributed by atoms with Gasteiger partial charge in [-0.3, -0.25) is 14.5 Å². The molecule has 6 heteroatoms. The van der Waals surface area contributed by atoms with E-state index in [9.17, 15) is 4.79 Å². The van der Waals surface area contributed by atoms with Gasteiger partial charge in [-0.15, -0.1) is 0 Å². The third kappa shape index (κ3) is 4.52. The van der Waals surface area contributed by atoms with Crippen molar-refractivity contribution in [1.29, 1.82) is 0 Å². The van der Waals surface area contributed by atoms with Gasteiger partial charge in [0.1, 0.15) is 5.69 Å². The SMILES string of the molecule is CCn1cc(-c2cccc(C(NC(=O)c3nccc4ccccc34)[C@@H]3CCCCN3)c2)cn1. The summed E-state index contributed by atoms with van der Waals surface area (Å²) >= 11 is 0. The molecule has 1 amide bonds. The standard InChI is InChI=1S/C27H29N5O/c1-2-32-18-22(17-30-32)20-9-7-10-21(16-20)25(24-12-5-6-14-28-24)31-27(33)26-23-11-4-3-8-19(23)13-15-29-26/h3-4,7-11,13,15-18,24-25,28H,2,5-6,12,14H2,1H3,(H,31,33)/t24-,25?/m0/s1. The van der Waals surface area contributed by atoms with Crippen LogP contribution in [0.2, 0.25) is 0 Å². The second kappa shape index (κ2) is 9.55. The Labute approximate surface area is 194 Å². The van der Waals surface area contributed by atoms with Crippen LogP contribution in [0.1, 0.15) is 48.3 Å². The molecule has 6 nitrogen and oxygen atoms in total. The number of aromatic nitrogens is 3. The number of pyridine rings is 1. The molecule has 3 heterocycles. The van der Waals surface area contributed by atoms with Crippen molar-refractivity contribution in [2.75, 3.05) is 6.54 Å². The predicted octanol–water partition coefficient (Wildman–Crippen LogP) is 4.73. The van der Waals surface area contributed by atoms with Crippen LogP contribution in [0.5, 0.6) is 0 Å². The molecule has 0 bridgehead atoms. The van der Waals surface area contributed by atoms with E-state index in [0.717, 1.165) is 59.8 Å². The number of hydrogen-bond donors (Lipinski definition) is 2. The second-order valence-corrected chi connectivity index (χ2v) is 8.60. The molecule has 0 saturated carbocycles. The Bertz CT molecular complexity index is 1250. The van der Waals surface area contributed by atoms with Crippen molar-refractivity contribution in [2.24, 2.45) is 0 Å². The fourth-order valence-electron chi connectivity index (χ4n) is 4.69. The van der Waals surface area contributed by atoms with Crippen LogP contribution in [0.3, 0.4) is 0 Å². The smallest absolute Gasteiger partial charge is 0.271 e. The molecule has 5 rings (SSSR count). The van der Waals surface area contributed by atoms with Crippen LogP contribution in [0.25, 0.3) is 21.9 Å². The lowest BCUT2D eigenvalue weighted by atomic mass is 9.91. The van der Waals surface area contributed by atoms with E-state index in [4.69, 9.17) is 0 Å². The van der Waals surface area contributed by atoms with Crippen molar-refractivity contribution in [3.8, 4) is 11.1 Å². The van der Waals surface area contributed by atoms with Crippen LogP contribution < -0.4 is 10.6 Å². The third-order valence-corrected chi connectivity index (χ3v) is 6.46. The molecule has 2 N–H and O–H groups in total. The molecular weight excluding hydrogens is 410 g/mol. The lowest BCUT2D eigenvalue weighted by molar-refractivity contribution is 0.0919. The summed E-state index contributed by atoms with van der Waals surface area (Å²) in [5.74, 6) is -0.145. The predicted molar refractivity (Wildman–Crippen MR) is 131 cm³/mol. The van der Waals surface area contributed by atoms with E-state index in [1.807, 2.05) is 41.2 Å². The van der Waals surface area contributed by atoms with E-state index in [-0.39, 0.29) is 18.0 Å². The Morgan fingerprint density at radius 1 is 1.15 bits per heavy atom. The van der Waals surface area contributed by atoms with Crippen molar-refractivity contribution < 1.29 is 4.79 Å². The van der Waals surface area contributed by atoms with Crippen LogP contribution in [0.4, 0.5) is 0 Å². The summed E-state index contributed by atoms with van der Waals surface area (Å²) in [4.78, 5) is 17.9. The number of nitrogens with zero attached hydrogens (tertiary/aromatic N) is 3. The number of aryl methyl sites for hydroxylation is 1. The Hall–Kier alpha value is -3.51. The zero-order valence-electron chi connectivity index (χ0n) is 18.9. The highest BCUT2D eigenvalue weighted by Crippen LogP contribution is 2.28. The van der Waals surface area contributed by atoms with E-state index in [1.54, 1.807) is 6.20 Å². The molecule has 2 aromatic carbocycles. The maximum Gasteiger partial charge on any atom is 0.271 e. The van der Waals surface area contributed by atoms with E-state index >= 15 is 0 Å². The average Bonchev–Trinajstić information content (AvgIpc) is 3.37. The first kappa shape index (κ1) is 21.3. The van der Waals surface area contributed by atoms with Gasteiger partial charge in [0.05, 0.1) is 12.2 Å². The van der Waals surface area contributed by atoms with E-state index < -0.39 is 0 Å². The summed E-state index contributed by atoms with van der Waals surface area (Å²) in [6, 6.07) is 18.3. The number of amides is 1. The molecule has 0 spiro atoms. The van der Waals surface area contributed by atoms with Gasteiger partial charge >= 0.3 is 0 Å². The second-order valence-electron chi connectivity index (χ2n) is 8.60. The third-order valence-electron chi connectivity index (χ3n) is 6.46. The minimum atomic E-state index is -0.153. The Balaban J connectivity index is 1.49. The number of benzene rings is 2. The number of rotatable bonds is 6. The molecule has 1 fully saturated rings. The first-order valence-electron chi connectivity index (χ1n) is 11.7. The molecule has 0 radical (unpaired) electrons. The molecule has 1 unspecified atom stereocenters. The largest absolute Gasteiger partial charge is 0.342 e. The topological polar surface area (TPSA) is 71.8 Å². The van der Waals surface area contributed by atoms with E-state index in [2.05, 4.69) is 58.1 Å². The first-order chi connectivity index (χ1) is 16.2. The van der Waals surface area contributed by atoms with Crippen molar-refractivity contribution in [2.45, 2.75) is 44.8 Å². The normalized spacial score (nSPS) is 17.1.